The van der Waals surface area contributed by atoms with Crippen LogP contribution in [0, 0.1) is 0 Å². The fraction of sp³-hybridized carbons (Fsp3) is 0.692. The van der Waals surface area contributed by atoms with Gasteiger partial charge in [0.1, 0.15) is 5.02 Å². The number of nitrogens with two attached hydrogens (primary N) is 1. The van der Waals surface area contributed by atoms with Crippen LogP contribution in [0.25, 0.3) is 0 Å². The molecule has 0 unspecified atom stereocenters. The Balaban J connectivity index is 3.09. The van der Waals surface area contributed by atoms with Crippen molar-refractivity contribution in [1.82, 2.24) is 9.78 Å². The molecule has 0 amide bonds. The van der Waals surface area contributed by atoms with Crippen molar-refractivity contribution < 1.29 is 0 Å². The van der Waals surface area contributed by atoms with E-state index in [0.29, 0.717) is 18.8 Å². The van der Waals surface area contributed by atoms with Gasteiger partial charge in [-0.25, -0.2) is 4.68 Å². The van der Waals surface area contributed by atoms with Gasteiger partial charge in [0.2, 0.25) is 0 Å². The van der Waals surface area contributed by atoms with E-state index in [1.54, 1.807) is 6.20 Å². The third kappa shape index (κ3) is 3.48. The molecule has 0 fully saturated rings. The Morgan fingerprint density at radius 2 is 2.05 bits per heavy atom. The van der Waals surface area contributed by atoms with Gasteiger partial charge in [0.25, 0.3) is 5.56 Å². The summed E-state index contributed by atoms with van der Waals surface area (Å²) in [4.78, 5) is 12.0. The van der Waals surface area contributed by atoms with Gasteiger partial charge >= 0.3 is 0 Å². The van der Waals surface area contributed by atoms with Gasteiger partial charge in [0.15, 0.2) is 0 Å². The molecule has 0 aliphatic rings. The maximum atomic E-state index is 12.0. The second-order valence-corrected chi connectivity index (χ2v) is 5.10. The minimum atomic E-state index is -0.258. The number of anilines is 1. The zero-order valence-corrected chi connectivity index (χ0v) is 12.6. The van der Waals surface area contributed by atoms with Crippen LogP contribution in [0.1, 0.15) is 40.0 Å². The number of nitrogens with zero attached hydrogens (tertiary/aromatic N) is 2. The predicted octanol–water partition coefficient (Wildman–Crippen LogP) is 2.24. The summed E-state index contributed by atoms with van der Waals surface area (Å²) in [7, 11) is 0. The summed E-state index contributed by atoms with van der Waals surface area (Å²) in [6, 6.07) is 0. The van der Waals surface area contributed by atoms with Gasteiger partial charge in [-0.3, -0.25) is 4.79 Å². The largest absolute Gasteiger partial charge is 0.376 e. The molecule has 6 heteroatoms. The first-order chi connectivity index (χ1) is 9.03. The Hall–Kier alpha value is -1.07. The molecule has 5 nitrogen and oxygen atoms in total. The van der Waals surface area contributed by atoms with Crippen LogP contribution in [0.2, 0.25) is 5.02 Å². The number of rotatable bonds is 7. The van der Waals surface area contributed by atoms with Crippen LogP contribution in [0.5, 0.6) is 0 Å². The summed E-state index contributed by atoms with van der Waals surface area (Å²) in [6.45, 7) is 7.16. The van der Waals surface area contributed by atoms with E-state index in [0.717, 1.165) is 19.3 Å². The molecule has 19 heavy (non-hydrogen) atoms. The summed E-state index contributed by atoms with van der Waals surface area (Å²) < 4.78 is 1.38. The van der Waals surface area contributed by atoms with Gasteiger partial charge in [-0.05, 0) is 19.3 Å². The molecule has 0 aliphatic carbocycles. The predicted molar refractivity (Wildman–Crippen MR) is 79.8 cm³/mol. The van der Waals surface area contributed by atoms with Crippen LogP contribution >= 0.6 is 11.6 Å². The van der Waals surface area contributed by atoms with E-state index in [-0.39, 0.29) is 16.1 Å². The molecular weight excluding hydrogens is 264 g/mol. The van der Waals surface area contributed by atoms with Crippen LogP contribution in [0.15, 0.2) is 11.0 Å². The first-order valence-corrected chi connectivity index (χ1v) is 7.15. The minimum Gasteiger partial charge on any atom is -0.376 e. The number of hydrogen-bond acceptors (Lipinski definition) is 4. The molecular formula is C13H23ClN4O. The van der Waals surface area contributed by atoms with E-state index in [4.69, 9.17) is 17.3 Å². The second kappa shape index (κ2) is 6.91. The highest BCUT2D eigenvalue weighted by molar-refractivity contribution is 6.32. The highest BCUT2D eigenvalue weighted by Gasteiger charge is 2.25. The van der Waals surface area contributed by atoms with Gasteiger partial charge in [-0.2, -0.15) is 5.10 Å². The molecule has 108 valence electrons. The first kappa shape index (κ1) is 16.0. The van der Waals surface area contributed by atoms with Crippen LogP contribution in [-0.2, 0) is 6.54 Å². The summed E-state index contributed by atoms with van der Waals surface area (Å²) in [5.41, 5.74) is 5.90. The lowest BCUT2D eigenvalue weighted by atomic mass is 9.93. The number of aryl methyl sites for hydroxylation is 1. The lowest BCUT2D eigenvalue weighted by molar-refractivity contribution is 0.444. The molecule has 0 aromatic carbocycles. The normalized spacial score (nSPS) is 11.6. The Labute approximate surface area is 119 Å². The van der Waals surface area contributed by atoms with Crippen LogP contribution in [-0.4, -0.2) is 21.9 Å². The smallest absolute Gasteiger partial charge is 0.287 e. The average Bonchev–Trinajstić information content (AvgIpc) is 2.44. The van der Waals surface area contributed by atoms with Crippen molar-refractivity contribution in [2.45, 2.75) is 52.1 Å². The summed E-state index contributed by atoms with van der Waals surface area (Å²) in [6.07, 6.45) is 4.16. The van der Waals surface area contributed by atoms with E-state index >= 15 is 0 Å². The number of nitrogens with one attached hydrogen (secondary N) is 1. The van der Waals surface area contributed by atoms with Crippen molar-refractivity contribution in [1.29, 1.82) is 0 Å². The van der Waals surface area contributed by atoms with Crippen molar-refractivity contribution in [2.24, 2.45) is 5.73 Å². The van der Waals surface area contributed by atoms with Gasteiger partial charge in [0, 0.05) is 18.6 Å². The number of halogens is 1. The van der Waals surface area contributed by atoms with Crippen molar-refractivity contribution in [3.05, 3.63) is 21.6 Å². The molecule has 0 spiro atoms. The van der Waals surface area contributed by atoms with Gasteiger partial charge in [-0.1, -0.05) is 32.4 Å². The SMILES string of the molecule is CCCn1ncc(NC(CC)(CC)CN)c(Cl)c1=O. The van der Waals surface area contributed by atoms with Gasteiger partial charge < -0.3 is 11.1 Å². The van der Waals surface area contributed by atoms with Crippen LogP contribution < -0.4 is 16.6 Å². The van der Waals surface area contributed by atoms with E-state index in [1.165, 1.54) is 4.68 Å². The Bertz CT molecular complexity index is 460. The van der Waals surface area contributed by atoms with E-state index in [9.17, 15) is 4.79 Å². The lowest BCUT2D eigenvalue weighted by Crippen LogP contribution is -2.45. The quantitative estimate of drug-likeness (QED) is 0.806. The van der Waals surface area contributed by atoms with Crippen molar-refractivity contribution in [2.75, 3.05) is 11.9 Å². The fourth-order valence-electron chi connectivity index (χ4n) is 1.98. The number of aromatic nitrogens is 2. The summed E-state index contributed by atoms with van der Waals surface area (Å²) in [5, 5.41) is 7.60. The number of hydrogen-bond donors (Lipinski definition) is 2. The zero-order chi connectivity index (χ0) is 14.5. The second-order valence-electron chi connectivity index (χ2n) is 4.72. The third-order valence-corrected chi connectivity index (χ3v) is 3.93. The van der Waals surface area contributed by atoms with Crippen LogP contribution in [0.4, 0.5) is 5.69 Å². The molecule has 1 aromatic heterocycles. The maximum Gasteiger partial charge on any atom is 0.287 e. The zero-order valence-electron chi connectivity index (χ0n) is 11.9. The topological polar surface area (TPSA) is 72.9 Å². The summed E-state index contributed by atoms with van der Waals surface area (Å²) >= 11 is 6.13. The Morgan fingerprint density at radius 3 is 2.53 bits per heavy atom. The highest BCUT2D eigenvalue weighted by Crippen LogP contribution is 2.24. The highest BCUT2D eigenvalue weighted by atomic mass is 35.5. The maximum absolute atomic E-state index is 12.0. The van der Waals surface area contributed by atoms with E-state index in [2.05, 4.69) is 24.3 Å². The average molecular weight is 287 g/mol. The third-order valence-electron chi connectivity index (χ3n) is 3.56. The Morgan fingerprint density at radius 1 is 1.42 bits per heavy atom. The lowest BCUT2D eigenvalue weighted by Gasteiger charge is -2.32. The molecule has 0 aliphatic heterocycles. The monoisotopic (exact) mass is 286 g/mol. The molecule has 0 saturated heterocycles. The summed E-state index contributed by atoms with van der Waals surface area (Å²) in [5.74, 6) is 0. The molecule has 0 radical (unpaired) electrons. The molecule has 1 aromatic rings. The molecule has 0 atom stereocenters. The molecule has 1 heterocycles. The van der Waals surface area contributed by atoms with Crippen molar-refractivity contribution in [3.63, 3.8) is 0 Å². The molecule has 0 saturated carbocycles. The molecule has 3 N–H and O–H groups in total. The fourth-order valence-corrected chi connectivity index (χ4v) is 2.17. The van der Waals surface area contributed by atoms with Crippen LogP contribution in [0.3, 0.4) is 0 Å². The van der Waals surface area contributed by atoms with E-state index in [1.807, 2.05) is 6.92 Å². The van der Waals surface area contributed by atoms with E-state index < -0.39 is 0 Å². The first-order valence-electron chi connectivity index (χ1n) is 6.77. The van der Waals surface area contributed by atoms with Crippen molar-refractivity contribution >= 4 is 17.3 Å². The standard InChI is InChI=1S/C13H23ClN4O/c1-4-7-18-12(19)11(14)10(8-16-18)17-13(5-2,6-3)9-15/h8,17H,4-7,9,15H2,1-3H3. The molecule has 1 rings (SSSR count). The van der Waals surface area contributed by atoms with Crippen molar-refractivity contribution in [3.8, 4) is 0 Å². The van der Waals surface area contributed by atoms with Gasteiger partial charge in [-0.15, -0.1) is 0 Å². The minimum absolute atomic E-state index is 0.183. The van der Waals surface area contributed by atoms with Gasteiger partial charge in [0.05, 0.1) is 11.9 Å². The molecule has 0 bridgehead atoms. The Kier molecular flexibility index (Phi) is 5.82.